The standard InChI is InChI=1S/C15H24N2O/c1-16-10-15(12-18-2)17-9-5-8-13-6-3-4-7-14(13)11-17/h3-4,6-7,15-16H,5,8-12H2,1-2H3. The number of nitrogens with one attached hydrogen (secondary N) is 1. The van der Waals surface area contributed by atoms with Crippen LogP contribution in [0.5, 0.6) is 0 Å². The number of fused-ring (bicyclic) bond motifs is 1. The lowest BCUT2D eigenvalue weighted by molar-refractivity contribution is 0.0863. The first-order valence-electron chi connectivity index (χ1n) is 6.79. The summed E-state index contributed by atoms with van der Waals surface area (Å²) >= 11 is 0. The molecule has 3 heteroatoms. The largest absolute Gasteiger partial charge is 0.383 e. The van der Waals surface area contributed by atoms with Crippen LogP contribution in [0.2, 0.25) is 0 Å². The van der Waals surface area contributed by atoms with E-state index in [1.54, 1.807) is 7.11 Å². The summed E-state index contributed by atoms with van der Waals surface area (Å²) in [6.45, 7) is 3.98. The Balaban J connectivity index is 2.10. The number of hydrogen-bond acceptors (Lipinski definition) is 3. The SMILES string of the molecule is CNCC(COC)N1CCCc2ccccc2C1. The summed E-state index contributed by atoms with van der Waals surface area (Å²) in [5.41, 5.74) is 2.99. The first-order valence-corrected chi connectivity index (χ1v) is 6.79. The Morgan fingerprint density at radius 2 is 2.11 bits per heavy atom. The zero-order valence-electron chi connectivity index (χ0n) is 11.5. The van der Waals surface area contributed by atoms with Crippen molar-refractivity contribution < 1.29 is 4.74 Å². The highest BCUT2D eigenvalue weighted by Crippen LogP contribution is 2.19. The van der Waals surface area contributed by atoms with Gasteiger partial charge in [0.1, 0.15) is 0 Å². The van der Waals surface area contributed by atoms with Crippen LogP contribution in [0, 0.1) is 0 Å². The van der Waals surface area contributed by atoms with Crippen LogP contribution >= 0.6 is 0 Å². The van der Waals surface area contributed by atoms with Crippen LogP contribution in [-0.2, 0) is 17.7 Å². The first kappa shape index (κ1) is 13.5. The molecule has 0 radical (unpaired) electrons. The van der Waals surface area contributed by atoms with Crippen molar-refractivity contribution in [3.8, 4) is 0 Å². The molecule has 1 unspecified atom stereocenters. The Morgan fingerprint density at radius 3 is 2.83 bits per heavy atom. The molecule has 18 heavy (non-hydrogen) atoms. The van der Waals surface area contributed by atoms with Crippen molar-refractivity contribution in [2.45, 2.75) is 25.4 Å². The van der Waals surface area contributed by atoms with Gasteiger partial charge in [-0.15, -0.1) is 0 Å². The van der Waals surface area contributed by atoms with E-state index in [9.17, 15) is 0 Å². The highest BCUT2D eigenvalue weighted by Gasteiger charge is 2.21. The molecule has 1 atom stereocenters. The molecule has 0 fully saturated rings. The fourth-order valence-corrected chi connectivity index (χ4v) is 2.76. The fourth-order valence-electron chi connectivity index (χ4n) is 2.76. The van der Waals surface area contributed by atoms with Gasteiger partial charge in [0.2, 0.25) is 0 Å². The second-order valence-electron chi connectivity index (χ2n) is 5.01. The molecule has 1 N–H and O–H groups in total. The Morgan fingerprint density at radius 1 is 1.33 bits per heavy atom. The second-order valence-corrected chi connectivity index (χ2v) is 5.01. The number of aryl methyl sites for hydroxylation is 1. The van der Waals surface area contributed by atoms with E-state index in [1.807, 2.05) is 7.05 Å². The number of benzene rings is 1. The predicted molar refractivity (Wildman–Crippen MR) is 74.8 cm³/mol. The van der Waals surface area contributed by atoms with Gasteiger partial charge in [-0.25, -0.2) is 0 Å². The molecule has 3 nitrogen and oxygen atoms in total. The van der Waals surface area contributed by atoms with E-state index in [0.29, 0.717) is 6.04 Å². The van der Waals surface area contributed by atoms with E-state index in [2.05, 4.69) is 34.5 Å². The number of likely N-dealkylation sites (N-methyl/N-ethyl adjacent to an activating group) is 1. The number of rotatable bonds is 5. The van der Waals surface area contributed by atoms with Crippen LogP contribution in [0.1, 0.15) is 17.5 Å². The molecule has 0 bridgehead atoms. The van der Waals surface area contributed by atoms with Gasteiger partial charge in [-0.3, -0.25) is 4.90 Å². The lowest BCUT2D eigenvalue weighted by atomic mass is 10.0. The Hall–Kier alpha value is -0.900. The Labute approximate surface area is 110 Å². The van der Waals surface area contributed by atoms with Crippen LogP contribution in [0.3, 0.4) is 0 Å². The van der Waals surface area contributed by atoms with Gasteiger partial charge in [-0.1, -0.05) is 24.3 Å². The molecular formula is C15H24N2O. The molecule has 1 aliphatic heterocycles. The molecule has 100 valence electrons. The summed E-state index contributed by atoms with van der Waals surface area (Å²) in [6, 6.07) is 9.28. The lowest BCUT2D eigenvalue weighted by Crippen LogP contribution is -2.44. The number of hydrogen-bond donors (Lipinski definition) is 1. The summed E-state index contributed by atoms with van der Waals surface area (Å²) < 4.78 is 5.36. The topological polar surface area (TPSA) is 24.5 Å². The second kappa shape index (κ2) is 6.88. The highest BCUT2D eigenvalue weighted by atomic mass is 16.5. The van der Waals surface area contributed by atoms with Crippen molar-refractivity contribution in [1.82, 2.24) is 10.2 Å². The number of nitrogens with zero attached hydrogens (tertiary/aromatic N) is 1. The average Bonchev–Trinajstić information content (AvgIpc) is 2.60. The molecule has 0 aliphatic carbocycles. The Bertz CT molecular complexity index is 361. The third-order valence-corrected chi connectivity index (χ3v) is 3.70. The Kier molecular flexibility index (Phi) is 5.17. The summed E-state index contributed by atoms with van der Waals surface area (Å²) in [6.07, 6.45) is 2.44. The van der Waals surface area contributed by atoms with Gasteiger partial charge in [0.25, 0.3) is 0 Å². The molecule has 1 aliphatic rings. The van der Waals surface area contributed by atoms with E-state index in [0.717, 1.165) is 26.2 Å². The fraction of sp³-hybridized carbons (Fsp3) is 0.600. The van der Waals surface area contributed by atoms with Crippen molar-refractivity contribution in [2.75, 3.05) is 33.9 Å². The number of methoxy groups -OCH3 is 1. The van der Waals surface area contributed by atoms with Gasteiger partial charge in [0, 0.05) is 26.2 Å². The molecule has 0 amide bonds. The molecule has 0 spiro atoms. The van der Waals surface area contributed by atoms with Crippen LogP contribution in [0.15, 0.2) is 24.3 Å². The zero-order valence-corrected chi connectivity index (χ0v) is 11.5. The van der Waals surface area contributed by atoms with Crippen molar-refractivity contribution in [3.05, 3.63) is 35.4 Å². The van der Waals surface area contributed by atoms with Gasteiger partial charge in [-0.2, -0.15) is 0 Å². The zero-order chi connectivity index (χ0) is 12.8. The van der Waals surface area contributed by atoms with E-state index in [-0.39, 0.29) is 0 Å². The predicted octanol–water partition coefficient (Wildman–Crippen LogP) is 1.67. The summed E-state index contributed by atoms with van der Waals surface area (Å²) in [5, 5.41) is 3.27. The lowest BCUT2D eigenvalue weighted by Gasteiger charge is -2.30. The van der Waals surface area contributed by atoms with E-state index in [1.165, 1.54) is 24.0 Å². The summed E-state index contributed by atoms with van der Waals surface area (Å²) in [7, 11) is 3.79. The third kappa shape index (κ3) is 3.31. The highest BCUT2D eigenvalue weighted by molar-refractivity contribution is 5.28. The van der Waals surface area contributed by atoms with Crippen molar-refractivity contribution in [1.29, 1.82) is 0 Å². The maximum absolute atomic E-state index is 5.36. The molecule has 0 saturated carbocycles. The molecule has 0 aromatic heterocycles. The molecule has 1 aromatic carbocycles. The molecule has 1 aromatic rings. The molecule has 0 saturated heterocycles. The van der Waals surface area contributed by atoms with Gasteiger partial charge < -0.3 is 10.1 Å². The summed E-state index contributed by atoms with van der Waals surface area (Å²) in [5.74, 6) is 0. The van der Waals surface area contributed by atoms with Crippen LogP contribution in [0.4, 0.5) is 0 Å². The van der Waals surface area contributed by atoms with Crippen molar-refractivity contribution >= 4 is 0 Å². The first-order chi connectivity index (χ1) is 8.85. The minimum Gasteiger partial charge on any atom is -0.383 e. The van der Waals surface area contributed by atoms with Crippen LogP contribution in [0.25, 0.3) is 0 Å². The maximum atomic E-state index is 5.36. The molecule has 2 rings (SSSR count). The van der Waals surface area contributed by atoms with Crippen LogP contribution in [-0.4, -0.2) is 44.8 Å². The van der Waals surface area contributed by atoms with Gasteiger partial charge in [-0.05, 0) is 37.6 Å². The third-order valence-electron chi connectivity index (χ3n) is 3.70. The average molecular weight is 248 g/mol. The normalized spacial score (nSPS) is 18.1. The van der Waals surface area contributed by atoms with Gasteiger partial charge in [0.15, 0.2) is 0 Å². The quantitative estimate of drug-likeness (QED) is 0.858. The van der Waals surface area contributed by atoms with Crippen LogP contribution < -0.4 is 5.32 Å². The monoisotopic (exact) mass is 248 g/mol. The van der Waals surface area contributed by atoms with E-state index >= 15 is 0 Å². The van der Waals surface area contributed by atoms with E-state index < -0.39 is 0 Å². The van der Waals surface area contributed by atoms with Gasteiger partial charge >= 0.3 is 0 Å². The molecule has 1 heterocycles. The maximum Gasteiger partial charge on any atom is 0.0630 e. The van der Waals surface area contributed by atoms with Crippen molar-refractivity contribution in [2.24, 2.45) is 0 Å². The number of ether oxygens (including phenoxy) is 1. The van der Waals surface area contributed by atoms with Crippen molar-refractivity contribution in [3.63, 3.8) is 0 Å². The smallest absolute Gasteiger partial charge is 0.0630 e. The molecular weight excluding hydrogens is 224 g/mol. The van der Waals surface area contributed by atoms with Gasteiger partial charge in [0.05, 0.1) is 6.61 Å². The summed E-state index contributed by atoms with van der Waals surface area (Å²) in [4.78, 5) is 2.55. The van der Waals surface area contributed by atoms with E-state index in [4.69, 9.17) is 4.74 Å². The minimum atomic E-state index is 0.464. The minimum absolute atomic E-state index is 0.464.